The number of sulfonamides is 1. The molecule has 0 aliphatic heterocycles. The van der Waals surface area contributed by atoms with Crippen molar-refractivity contribution >= 4 is 33.4 Å². The monoisotopic (exact) mass is 329 g/mol. The van der Waals surface area contributed by atoms with Crippen LogP contribution in [0.5, 0.6) is 0 Å². The predicted octanol–water partition coefficient (Wildman–Crippen LogP) is 2.69. The third-order valence-corrected chi connectivity index (χ3v) is 5.32. The molecule has 0 amide bonds. The number of halogens is 3. The molecule has 0 saturated heterocycles. The number of nitrogens with zero attached hydrogens (tertiary/aromatic N) is 1. The van der Waals surface area contributed by atoms with E-state index in [0.717, 1.165) is 16.4 Å². The van der Waals surface area contributed by atoms with E-state index in [1.54, 1.807) is 0 Å². The van der Waals surface area contributed by atoms with Gasteiger partial charge in [-0.05, 0) is 18.4 Å². The van der Waals surface area contributed by atoms with E-state index >= 15 is 0 Å². The molecule has 8 heteroatoms. The van der Waals surface area contributed by atoms with Crippen molar-refractivity contribution in [3.63, 3.8) is 0 Å². The van der Waals surface area contributed by atoms with Gasteiger partial charge >= 0.3 is 0 Å². The summed E-state index contributed by atoms with van der Waals surface area (Å²) in [6, 6.07) is 1.84. The standard InChI is InChI=1S/C11H14ClF2NO2S2/c1-15(5-6-18-2)19(16,17)10-4-3-9(13)8(7-12)11(10)14/h3-4H,5-7H2,1-2H3. The zero-order chi connectivity index (χ0) is 14.6. The molecule has 0 radical (unpaired) electrons. The van der Waals surface area contributed by atoms with Gasteiger partial charge in [-0.1, -0.05) is 0 Å². The van der Waals surface area contributed by atoms with Crippen LogP contribution in [0, 0.1) is 11.6 Å². The van der Waals surface area contributed by atoms with Crippen LogP contribution in [0.4, 0.5) is 8.78 Å². The van der Waals surface area contributed by atoms with Crippen LogP contribution < -0.4 is 0 Å². The summed E-state index contributed by atoms with van der Waals surface area (Å²) in [5, 5.41) is 0. The van der Waals surface area contributed by atoms with Gasteiger partial charge in [0.2, 0.25) is 10.0 Å². The van der Waals surface area contributed by atoms with Gasteiger partial charge in [0, 0.05) is 24.9 Å². The lowest BCUT2D eigenvalue weighted by Gasteiger charge is -2.17. The maximum Gasteiger partial charge on any atom is 0.245 e. The van der Waals surface area contributed by atoms with Gasteiger partial charge in [0.1, 0.15) is 10.7 Å². The molecule has 0 unspecified atom stereocenters. The second-order valence-corrected chi connectivity index (χ2v) is 7.06. The fourth-order valence-corrected chi connectivity index (χ4v) is 3.48. The van der Waals surface area contributed by atoms with Crippen molar-refractivity contribution in [2.45, 2.75) is 10.8 Å². The summed E-state index contributed by atoms with van der Waals surface area (Å²) in [5.74, 6) is -1.81. The molecule has 0 fully saturated rings. The number of hydrogen-bond donors (Lipinski definition) is 0. The van der Waals surface area contributed by atoms with Crippen LogP contribution in [-0.2, 0) is 15.9 Å². The zero-order valence-corrected chi connectivity index (χ0v) is 12.9. The van der Waals surface area contributed by atoms with Gasteiger partial charge in [-0.25, -0.2) is 21.5 Å². The molecule has 0 atom stereocenters. The third-order valence-electron chi connectivity index (χ3n) is 2.58. The molecule has 108 valence electrons. The van der Waals surface area contributed by atoms with E-state index in [4.69, 9.17) is 11.6 Å². The van der Waals surface area contributed by atoms with Crippen LogP contribution >= 0.6 is 23.4 Å². The van der Waals surface area contributed by atoms with Gasteiger partial charge in [-0.3, -0.25) is 0 Å². The fourth-order valence-electron chi connectivity index (χ4n) is 1.41. The van der Waals surface area contributed by atoms with Crippen LogP contribution in [0.3, 0.4) is 0 Å². The summed E-state index contributed by atoms with van der Waals surface area (Å²) in [5.41, 5.74) is -0.430. The highest BCUT2D eigenvalue weighted by Crippen LogP contribution is 2.24. The molecule has 19 heavy (non-hydrogen) atoms. The SMILES string of the molecule is CSCCN(C)S(=O)(=O)c1ccc(F)c(CCl)c1F. The minimum atomic E-state index is -3.97. The van der Waals surface area contributed by atoms with E-state index < -0.39 is 38.0 Å². The zero-order valence-electron chi connectivity index (χ0n) is 10.5. The van der Waals surface area contributed by atoms with Crippen molar-refractivity contribution in [2.24, 2.45) is 0 Å². The Kier molecular flexibility index (Phi) is 6.04. The topological polar surface area (TPSA) is 37.4 Å². The number of benzene rings is 1. The smallest absolute Gasteiger partial charge is 0.207 e. The minimum absolute atomic E-state index is 0.247. The van der Waals surface area contributed by atoms with Crippen molar-refractivity contribution in [1.29, 1.82) is 0 Å². The highest BCUT2D eigenvalue weighted by molar-refractivity contribution is 7.98. The lowest BCUT2D eigenvalue weighted by molar-refractivity contribution is 0.476. The Hall–Kier alpha value is -0.370. The average molecular weight is 330 g/mol. The number of alkyl halides is 1. The third kappa shape index (κ3) is 3.59. The first-order valence-electron chi connectivity index (χ1n) is 5.34. The molecule has 1 aromatic rings. The van der Waals surface area contributed by atoms with E-state index in [1.807, 2.05) is 6.26 Å². The van der Waals surface area contributed by atoms with Crippen LogP contribution in [0.2, 0.25) is 0 Å². The maximum atomic E-state index is 14.0. The Labute approximate surface area is 121 Å². The molecule has 0 aliphatic rings. The Morgan fingerprint density at radius 1 is 1.37 bits per heavy atom. The first-order chi connectivity index (χ1) is 8.86. The molecule has 0 heterocycles. The molecule has 0 aliphatic carbocycles. The second-order valence-electron chi connectivity index (χ2n) is 3.79. The van der Waals surface area contributed by atoms with Crippen molar-refractivity contribution in [1.82, 2.24) is 4.31 Å². The Balaban J connectivity index is 3.22. The summed E-state index contributed by atoms with van der Waals surface area (Å²) in [6.45, 7) is 0.247. The highest BCUT2D eigenvalue weighted by atomic mass is 35.5. The Bertz CT molecular complexity index is 552. The summed E-state index contributed by atoms with van der Waals surface area (Å²) in [4.78, 5) is -0.548. The Morgan fingerprint density at radius 2 is 2.00 bits per heavy atom. The van der Waals surface area contributed by atoms with Gasteiger partial charge in [0.15, 0.2) is 5.82 Å². The first-order valence-corrected chi connectivity index (χ1v) is 8.71. The molecule has 0 spiro atoms. The second kappa shape index (κ2) is 6.88. The van der Waals surface area contributed by atoms with E-state index in [-0.39, 0.29) is 6.54 Å². The van der Waals surface area contributed by atoms with Gasteiger partial charge in [-0.15, -0.1) is 11.6 Å². The molecule has 0 N–H and O–H groups in total. The van der Waals surface area contributed by atoms with E-state index in [2.05, 4.69) is 0 Å². The summed E-state index contributed by atoms with van der Waals surface area (Å²) < 4.78 is 52.6. The largest absolute Gasteiger partial charge is 0.245 e. The summed E-state index contributed by atoms with van der Waals surface area (Å²) in [6.07, 6.45) is 1.84. The van der Waals surface area contributed by atoms with E-state index in [9.17, 15) is 17.2 Å². The normalized spacial score (nSPS) is 12.1. The van der Waals surface area contributed by atoms with Gasteiger partial charge in [0.05, 0.1) is 5.88 Å². The van der Waals surface area contributed by atoms with Crippen LogP contribution in [0.1, 0.15) is 5.56 Å². The molecular formula is C11H14ClF2NO2S2. The molecule has 0 bridgehead atoms. The molecule has 1 aromatic carbocycles. The number of hydrogen-bond acceptors (Lipinski definition) is 3. The molecule has 1 rings (SSSR count). The molecule has 0 saturated carbocycles. The first kappa shape index (κ1) is 16.7. The lowest BCUT2D eigenvalue weighted by atomic mass is 10.2. The molecular weight excluding hydrogens is 316 g/mol. The molecule has 3 nitrogen and oxygen atoms in total. The van der Waals surface area contributed by atoms with E-state index in [1.165, 1.54) is 18.8 Å². The van der Waals surface area contributed by atoms with Gasteiger partial charge in [-0.2, -0.15) is 11.8 Å². The van der Waals surface area contributed by atoms with Crippen molar-refractivity contribution in [3.8, 4) is 0 Å². The predicted molar refractivity (Wildman–Crippen MR) is 74.1 cm³/mol. The van der Waals surface area contributed by atoms with Crippen LogP contribution in [0.25, 0.3) is 0 Å². The van der Waals surface area contributed by atoms with Gasteiger partial charge < -0.3 is 0 Å². The van der Waals surface area contributed by atoms with Crippen LogP contribution in [-0.4, -0.2) is 38.3 Å². The summed E-state index contributed by atoms with van der Waals surface area (Å²) in [7, 11) is -2.62. The van der Waals surface area contributed by atoms with E-state index in [0.29, 0.717) is 5.75 Å². The summed E-state index contributed by atoms with van der Waals surface area (Å²) >= 11 is 6.91. The minimum Gasteiger partial charge on any atom is -0.207 e. The van der Waals surface area contributed by atoms with Gasteiger partial charge in [0.25, 0.3) is 0 Å². The maximum absolute atomic E-state index is 14.0. The van der Waals surface area contributed by atoms with Crippen LogP contribution in [0.15, 0.2) is 17.0 Å². The number of thioether (sulfide) groups is 1. The average Bonchev–Trinajstić information content (AvgIpc) is 2.36. The fraction of sp³-hybridized carbons (Fsp3) is 0.455. The Morgan fingerprint density at radius 3 is 2.53 bits per heavy atom. The number of rotatable bonds is 6. The lowest BCUT2D eigenvalue weighted by Crippen LogP contribution is -2.30. The quantitative estimate of drug-likeness (QED) is 0.753. The van der Waals surface area contributed by atoms with Crippen molar-refractivity contribution in [2.75, 3.05) is 25.6 Å². The molecule has 0 aromatic heterocycles. The highest BCUT2D eigenvalue weighted by Gasteiger charge is 2.26. The van der Waals surface area contributed by atoms with Crippen molar-refractivity contribution < 1.29 is 17.2 Å². The van der Waals surface area contributed by atoms with Crippen molar-refractivity contribution in [3.05, 3.63) is 29.3 Å².